The lowest BCUT2D eigenvalue weighted by Gasteiger charge is -2.27. The van der Waals surface area contributed by atoms with Crippen molar-refractivity contribution >= 4 is 11.8 Å². The fourth-order valence-corrected chi connectivity index (χ4v) is 2.35. The van der Waals surface area contributed by atoms with Gasteiger partial charge >= 0.3 is 12.3 Å². The molecule has 0 aliphatic carbocycles. The molecule has 0 radical (unpaired) electrons. The summed E-state index contributed by atoms with van der Waals surface area (Å²) in [5.41, 5.74) is 4.42. The van der Waals surface area contributed by atoms with Gasteiger partial charge in [-0.2, -0.15) is 0 Å². The molecule has 0 aliphatic heterocycles. The van der Waals surface area contributed by atoms with Gasteiger partial charge in [-0.25, -0.2) is 0 Å². The number of carbonyl (C=O) groups excluding carboxylic acids is 1. The number of carboxylic acids is 1. The van der Waals surface area contributed by atoms with Gasteiger partial charge in [-0.15, -0.1) is 13.2 Å². The number of rotatable bonds is 6. The number of nitrogens with two attached hydrogens (primary N) is 1. The minimum atomic E-state index is -4.86. The van der Waals surface area contributed by atoms with Crippen LogP contribution in [0.4, 0.5) is 13.2 Å². The van der Waals surface area contributed by atoms with E-state index in [0.717, 1.165) is 24.3 Å². The number of alkyl halides is 3. The average molecular weight is 353 g/mol. The zero-order valence-corrected chi connectivity index (χ0v) is 12.8. The Morgan fingerprint density at radius 3 is 2.04 bits per heavy atom. The minimum absolute atomic E-state index is 0.0678. The van der Waals surface area contributed by atoms with Crippen molar-refractivity contribution in [1.82, 2.24) is 0 Å². The molecule has 2 aromatic rings. The van der Waals surface area contributed by atoms with Gasteiger partial charge in [0.2, 0.25) is 0 Å². The molecular weight excluding hydrogens is 339 g/mol. The molecule has 1 atom stereocenters. The standard InChI is InChI=1S/C17H14F3NO4/c18-17(19,20)25-13-8-6-12(7-9-13)16(21,10-14(22)23)15(24)11-4-2-1-3-5-11/h1-9H,10,21H2,(H,22,23). The van der Waals surface area contributed by atoms with E-state index in [1.54, 1.807) is 18.2 Å². The van der Waals surface area contributed by atoms with Crippen molar-refractivity contribution in [3.8, 4) is 5.75 Å². The van der Waals surface area contributed by atoms with Gasteiger partial charge in [-0.1, -0.05) is 42.5 Å². The van der Waals surface area contributed by atoms with Crippen LogP contribution in [0.15, 0.2) is 54.6 Å². The summed E-state index contributed by atoms with van der Waals surface area (Å²) < 4.78 is 40.4. The number of aliphatic carboxylic acids is 1. The first-order chi connectivity index (χ1) is 11.6. The molecule has 0 bridgehead atoms. The van der Waals surface area contributed by atoms with Crippen LogP contribution in [0.2, 0.25) is 0 Å². The topological polar surface area (TPSA) is 89.6 Å². The molecule has 1 unspecified atom stereocenters. The van der Waals surface area contributed by atoms with Gasteiger partial charge in [0, 0.05) is 5.56 Å². The molecule has 0 fully saturated rings. The molecular formula is C17H14F3NO4. The van der Waals surface area contributed by atoms with Crippen LogP contribution in [-0.2, 0) is 10.3 Å². The Kier molecular flexibility index (Phi) is 5.13. The van der Waals surface area contributed by atoms with Crippen LogP contribution in [0.25, 0.3) is 0 Å². The summed E-state index contributed by atoms with van der Waals surface area (Å²) in [6.07, 6.45) is -5.58. The first kappa shape index (κ1) is 18.5. The van der Waals surface area contributed by atoms with Crippen molar-refractivity contribution in [3.63, 3.8) is 0 Å². The summed E-state index contributed by atoms with van der Waals surface area (Å²) in [6.45, 7) is 0. The number of halogens is 3. The maximum Gasteiger partial charge on any atom is 0.573 e. The lowest BCUT2D eigenvalue weighted by molar-refractivity contribution is -0.274. The van der Waals surface area contributed by atoms with Crippen LogP contribution in [0.1, 0.15) is 22.3 Å². The van der Waals surface area contributed by atoms with Gasteiger partial charge in [0.1, 0.15) is 11.3 Å². The summed E-state index contributed by atoms with van der Waals surface area (Å²) in [5.74, 6) is -2.47. The van der Waals surface area contributed by atoms with Gasteiger partial charge in [0.25, 0.3) is 0 Å². The molecule has 0 heterocycles. The molecule has 5 nitrogen and oxygen atoms in total. The molecule has 2 rings (SSSR count). The van der Waals surface area contributed by atoms with E-state index in [4.69, 9.17) is 10.8 Å². The van der Waals surface area contributed by atoms with E-state index in [1.165, 1.54) is 12.1 Å². The molecule has 0 aliphatic rings. The average Bonchev–Trinajstić information content (AvgIpc) is 2.53. The Labute approximate surface area is 140 Å². The number of carboxylic acid groups (broad SMARTS) is 1. The summed E-state index contributed by atoms with van der Waals surface area (Å²) in [4.78, 5) is 23.9. The van der Waals surface area contributed by atoms with Gasteiger partial charge in [-0.05, 0) is 17.7 Å². The second-order valence-corrected chi connectivity index (χ2v) is 5.31. The molecule has 0 aromatic heterocycles. The van der Waals surface area contributed by atoms with E-state index in [1.807, 2.05) is 0 Å². The highest BCUT2D eigenvalue weighted by Gasteiger charge is 2.39. The van der Waals surface area contributed by atoms with E-state index < -0.39 is 35.8 Å². The Morgan fingerprint density at radius 1 is 1.00 bits per heavy atom. The van der Waals surface area contributed by atoms with Crippen LogP contribution in [-0.4, -0.2) is 23.2 Å². The lowest BCUT2D eigenvalue weighted by atomic mass is 9.81. The van der Waals surface area contributed by atoms with Crippen LogP contribution in [0, 0.1) is 0 Å². The van der Waals surface area contributed by atoms with E-state index in [9.17, 15) is 22.8 Å². The number of benzene rings is 2. The second-order valence-electron chi connectivity index (χ2n) is 5.31. The number of ketones is 1. The largest absolute Gasteiger partial charge is 0.573 e. The van der Waals surface area contributed by atoms with Crippen molar-refractivity contribution in [2.45, 2.75) is 18.3 Å². The molecule has 3 N–H and O–H groups in total. The predicted octanol–water partition coefficient (Wildman–Crippen LogP) is 3.10. The third-order valence-electron chi connectivity index (χ3n) is 3.47. The number of ether oxygens (including phenoxy) is 1. The molecule has 0 saturated heterocycles. The van der Waals surface area contributed by atoms with Crippen LogP contribution in [0.5, 0.6) is 5.75 Å². The number of Topliss-reactive ketones (excluding diaryl/α,β-unsaturated/α-hetero) is 1. The molecule has 8 heteroatoms. The molecule has 0 saturated carbocycles. The van der Waals surface area contributed by atoms with Gasteiger partial charge in [0.05, 0.1) is 6.42 Å². The SMILES string of the molecule is NC(CC(=O)O)(C(=O)c1ccccc1)c1ccc(OC(F)(F)F)cc1. The normalized spacial score (nSPS) is 13.8. The van der Waals surface area contributed by atoms with Crippen molar-refractivity contribution in [3.05, 3.63) is 65.7 Å². The minimum Gasteiger partial charge on any atom is -0.481 e. The van der Waals surface area contributed by atoms with Crippen LogP contribution >= 0.6 is 0 Å². The van der Waals surface area contributed by atoms with Crippen molar-refractivity contribution < 1.29 is 32.6 Å². The third-order valence-corrected chi connectivity index (χ3v) is 3.47. The third kappa shape index (κ3) is 4.57. The van der Waals surface area contributed by atoms with E-state index in [2.05, 4.69) is 4.74 Å². The number of hydrogen-bond acceptors (Lipinski definition) is 4. The van der Waals surface area contributed by atoms with Gasteiger partial charge < -0.3 is 15.6 Å². The van der Waals surface area contributed by atoms with E-state index in [-0.39, 0.29) is 11.1 Å². The zero-order valence-electron chi connectivity index (χ0n) is 12.8. The Bertz CT molecular complexity index is 760. The van der Waals surface area contributed by atoms with Crippen molar-refractivity contribution in [1.29, 1.82) is 0 Å². The summed E-state index contributed by atoms with van der Waals surface area (Å²) in [5, 5.41) is 9.11. The maximum absolute atomic E-state index is 12.7. The predicted molar refractivity (Wildman–Crippen MR) is 82.0 cm³/mol. The Hall–Kier alpha value is -2.87. The Morgan fingerprint density at radius 2 is 1.56 bits per heavy atom. The van der Waals surface area contributed by atoms with Gasteiger partial charge in [-0.3, -0.25) is 9.59 Å². The summed E-state index contributed by atoms with van der Waals surface area (Å²) >= 11 is 0. The quantitative estimate of drug-likeness (QED) is 0.779. The van der Waals surface area contributed by atoms with Crippen molar-refractivity contribution in [2.24, 2.45) is 5.73 Å². The highest BCUT2D eigenvalue weighted by molar-refractivity contribution is 6.05. The highest BCUT2D eigenvalue weighted by atomic mass is 19.4. The number of carbonyl (C=O) groups is 2. The van der Waals surface area contributed by atoms with E-state index >= 15 is 0 Å². The molecule has 0 amide bonds. The van der Waals surface area contributed by atoms with Crippen molar-refractivity contribution in [2.75, 3.05) is 0 Å². The number of hydrogen-bond donors (Lipinski definition) is 2. The van der Waals surface area contributed by atoms with E-state index in [0.29, 0.717) is 0 Å². The maximum atomic E-state index is 12.7. The summed E-state index contributed by atoms with van der Waals surface area (Å²) in [6, 6.07) is 12.1. The van der Waals surface area contributed by atoms with Crippen LogP contribution in [0.3, 0.4) is 0 Å². The first-order valence-corrected chi connectivity index (χ1v) is 7.08. The fraction of sp³-hybridized carbons (Fsp3) is 0.176. The monoisotopic (exact) mass is 353 g/mol. The molecule has 0 spiro atoms. The van der Waals surface area contributed by atoms with Crippen LogP contribution < -0.4 is 10.5 Å². The fourth-order valence-electron chi connectivity index (χ4n) is 2.35. The lowest BCUT2D eigenvalue weighted by Crippen LogP contribution is -2.46. The molecule has 132 valence electrons. The zero-order chi connectivity index (χ0) is 18.7. The summed E-state index contributed by atoms with van der Waals surface area (Å²) in [7, 11) is 0. The smallest absolute Gasteiger partial charge is 0.481 e. The first-order valence-electron chi connectivity index (χ1n) is 7.08. The Balaban J connectivity index is 2.40. The highest BCUT2D eigenvalue weighted by Crippen LogP contribution is 2.30. The molecule has 25 heavy (non-hydrogen) atoms. The van der Waals surface area contributed by atoms with Gasteiger partial charge in [0.15, 0.2) is 5.78 Å². The second kappa shape index (κ2) is 6.94. The molecule has 2 aromatic carbocycles.